The fourth-order valence-corrected chi connectivity index (χ4v) is 5.35. The third-order valence-corrected chi connectivity index (χ3v) is 7.88. The van der Waals surface area contributed by atoms with Crippen molar-refractivity contribution in [2.75, 3.05) is 18.4 Å². The summed E-state index contributed by atoms with van der Waals surface area (Å²) in [6, 6.07) is 14.0. The highest BCUT2D eigenvalue weighted by Gasteiger charge is 2.30. The minimum absolute atomic E-state index is 0.228. The molecule has 0 radical (unpaired) electrons. The predicted molar refractivity (Wildman–Crippen MR) is 142 cm³/mol. The normalized spacial score (nSPS) is 14.1. The van der Waals surface area contributed by atoms with E-state index in [1.54, 1.807) is 34.9 Å². The van der Waals surface area contributed by atoms with Gasteiger partial charge in [-0.25, -0.2) is 4.98 Å². The molecule has 0 bridgehead atoms. The van der Waals surface area contributed by atoms with Gasteiger partial charge in [-0.15, -0.1) is 10.2 Å². The summed E-state index contributed by atoms with van der Waals surface area (Å²) in [5.41, 5.74) is 0.311. The van der Waals surface area contributed by atoms with Crippen LogP contribution in [-0.2, 0) is 14.1 Å². The van der Waals surface area contributed by atoms with Crippen molar-refractivity contribution in [2.45, 2.75) is 46.0 Å². The minimum atomic E-state index is -0.332. The Kier molecular flexibility index (Phi) is 7.49. The van der Waals surface area contributed by atoms with E-state index in [1.165, 1.54) is 23.5 Å². The van der Waals surface area contributed by atoms with Crippen LogP contribution in [0.1, 0.15) is 24.3 Å². The third kappa shape index (κ3) is 6.14. The molecule has 1 amide bonds. The van der Waals surface area contributed by atoms with Crippen LogP contribution in [0.25, 0.3) is 0 Å². The van der Waals surface area contributed by atoms with E-state index in [9.17, 15) is 4.79 Å². The van der Waals surface area contributed by atoms with Crippen molar-refractivity contribution in [3.63, 3.8) is 0 Å². The van der Waals surface area contributed by atoms with E-state index in [2.05, 4.69) is 44.3 Å². The second-order valence-electron chi connectivity index (χ2n) is 9.01. The minimum Gasteiger partial charge on any atom is -0.488 e. The fourth-order valence-electron chi connectivity index (χ4n) is 3.72. The summed E-state index contributed by atoms with van der Waals surface area (Å²) in [4.78, 5) is 22.0. The first-order chi connectivity index (χ1) is 17.8. The average Bonchev–Trinajstić information content (AvgIpc) is 3.44. The number of carbonyl (C=O) groups excluding carboxylic acids is 1. The number of amides is 1. The van der Waals surface area contributed by atoms with Gasteiger partial charge < -0.3 is 14.6 Å². The first kappa shape index (κ1) is 25.3. The summed E-state index contributed by atoms with van der Waals surface area (Å²) in [7, 11) is 3.66. The van der Waals surface area contributed by atoms with Crippen molar-refractivity contribution in [2.24, 2.45) is 14.1 Å². The number of nitrogens with zero attached hydrogens (tertiary/aromatic N) is 7. The van der Waals surface area contributed by atoms with Crippen LogP contribution in [0.4, 0.5) is 5.82 Å². The number of aryl methyl sites for hydroxylation is 2. The molecular weight excluding hydrogens is 508 g/mol. The van der Waals surface area contributed by atoms with Gasteiger partial charge in [-0.2, -0.15) is 5.10 Å². The Hall–Kier alpha value is -3.35. The van der Waals surface area contributed by atoms with Crippen LogP contribution in [0.15, 0.2) is 75.0 Å². The third-order valence-electron chi connectivity index (χ3n) is 5.83. The van der Waals surface area contributed by atoms with Crippen molar-refractivity contribution in [1.82, 2.24) is 34.4 Å². The number of nitrogens with one attached hydrogen (secondary N) is 1. The number of carbonyl (C=O) groups is 1. The van der Waals surface area contributed by atoms with Crippen LogP contribution >= 0.6 is 23.5 Å². The van der Waals surface area contributed by atoms with Gasteiger partial charge in [-0.3, -0.25) is 14.4 Å². The van der Waals surface area contributed by atoms with E-state index >= 15 is 0 Å². The molecule has 0 spiro atoms. The number of hydrogen-bond acceptors (Lipinski definition) is 9. The summed E-state index contributed by atoms with van der Waals surface area (Å²) < 4.78 is 9.52. The number of hydrogen-bond donors (Lipinski definition) is 1. The predicted octanol–water partition coefficient (Wildman–Crippen LogP) is 3.97. The van der Waals surface area contributed by atoms with Crippen molar-refractivity contribution < 1.29 is 9.53 Å². The molecule has 5 rings (SSSR count). The van der Waals surface area contributed by atoms with Crippen molar-refractivity contribution in [3.8, 4) is 5.75 Å². The molecule has 1 aliphatic heterocycles. The van der Waals surface area contributed by atoms with Gasteiger partial charge in [0.1, 0.15) is 28.9 Å². The van der Waals surface area contributed by atoms with Crippen LogP contribution in [0, 0.1) is 0 Å². The molecule has 10 nitrogen and oxygen atoms in total. The maximum absolute atomic E-state index is 13.2. The molecule has 1 fully saturated rings. The lowest BCUT2D eigenvalue weighted by atomic mass is 10.1. The van der Waals surface area contributed by atoms with E-state index in [4.69, 9.17) is 4.74 Å². The molecular formula is C25H28N8O2S2. The van der Waals surface area contributed by atoms with Crippen molar-refractivity contribution >= 4 is 35.2 Å². The van der Waals surface area contributed by atoms with Crippen LogP contribution in [0.5, 0.6) is 5.75 Å². The number of anilines is 1. The van der Waals surface area contributed by atoms with Gasteiger partial charge in [0.05, 0.1) is 0 Å². The van der Waals surface area contributed by atoms with Gasteiger partial charge >= 0.3 is 0 Å². The van der Waals surface area contributed by atoms with Gasteiger partial charge in [0, 0.05) is 55.3 Å². The number of rotatable bonds is 9. The molecule has 1 saturated heterocycles. The number of pyridine rings is 1. The molecule has 1 aliphatic rings. The molecule has 0 atom stereocenters. The second kappa shape index (κ2) is 11.0. The molecule has 0 aliphatic carbocycles. The molecule has 192 valence electrons. The number of benzene rings is 1. The van der Waals surface area contributed by atoms with Gasteiger partial charge in [0.2, 0.25) is 0 Å². The quantitative estimate of drug-likeness (QED) is 0.340. The molecule has 4 aromatic rings. The van der Waals surface area contributed by atoms with Crippen LogP contribution in [0.3, 0.4) is 0 Å². The molecule has 37 heavy (non-hydrogen) atoms. The molecule has 1 aromatic carbocycles. The van der Waals surface area contributed by atoms with Gasteiger partial charge in [0.15, 0.2) is 11.0 Å². The van der Waals surface area contributed by atoms with Crippen LogP contribution < -0.4 is 10.1 Å². The highest BCUT2D eigenvalue weighted by Crippen LogP contribution is 2.34. The highest BCUT2D eigenvalue weighted by molar-refractivity contribution is 7.99. The maximum atomic E-state index is 13.2. The van der Waals surface area contributed by atoms with Crippen molar-refractivity contribution in [3.05, 3.63) is 60.7 Å². The summed E-state index contributed by atoms with van der Waals surface area (Å²) in [5, 5.41) is 16.4. The summed E-state index contributed by atoms with van der Waals surface area (Å²) >= 11 is 2.82. The first-order valence-corrected chi connectivity index (χ1v) is 13.5. The average molecular weight is 537 g/mol. The molecule has 1 N–H and O–H groups in total. The lowest BCUT2D eigenvalue weighted by Gasteiger charge is -2.41. The Bertz CT molecular complexity index is 1380. The van der Waals surface area contributed by atoms with E-state index in [1.807, 2.05) is 43.4 Å². The number of likely N-dealkylation sites (tertiary alicyclic amines) is 1. The Labute approximate surface area is 223 Å². The molecule has 3 aromatic heterocycles. The Morgan fingerprint density at radius 2 is 1.86 bits per heavy atom. The molecule has 0 unspecified atom stereocenters. The standard InChI is InChI=1S/C25H28N8O2S2/c1-16(2)33-13-18(14-33)35-17-5-7-19(8-6-17)36-20-9-10-22(37-25-29-26-15-31(25)3)28-23(20)24(34)27-21-11-12-32(4)30-21/h5-12,15-16,18H,13-14H2,1-4H3,(H,27,30,34). The SMILES string of the molecule is CC(C)N1CC(Oc2ccc(Sc3ccc(Sc4nncn4C)nc3C(=O)Nc3ccn(C)n3)cc2)C1. The van der Waals surface area contributed by atoms with Gasteiger partial charge in [0.25, 0.3) is 5.91 Å². The van der Waals surface area contributed by atoms with E-state index in [-0.39, 0.29) is 12.0 Å². The smallest absolute Gasteiger partial charge is 0.276 e. The van der Waals surface area contributed by atoms with E-state index in [0.29, 0.717) is 27.7 Å². The summed E-state index contributed by atoms with van der Waals surface area (Å²) in [6.07, 6.45) is 3.62. The molecule has 12 heteroatoms. The topological polar surface area (TPSA) is 103 Å². The van der Waals surface area contributed by atoms with Crippen LogP contribution in [0.2, 0.25) is 0 Å². The number of ether oxygens (including phenoxy) is 1. The molecule has 4 heterocycles. The lowest BCUT2D eigenvalue weighted by molar-refractivity contribution is 0.000128. The largest absolute Gasteiger partial charge is 0.488 e. The van der Waals surface area contributed by atoms with Crippen LogP contribution in [-0.4, -0.2) is 65.6 Å². The Balaban J connectivity index is 1.32. The first-order valence-electron chi connectivity index (χ1n) is 11.9. The van der Waals surface area contributed by atoms with E-state index in [0.717, 1.165) is 28.6 Å². The second-order valence-corrected chi connectivity index (χ2v) is 11.1. The summed E-state index contributed by atoms with van der Waals surface area (Å²) in [5.74, 6) is 0.978. The van der Waals surface area contributed by atoms with E-state index < -0.39 is 0 Å². The number of aromatic nitrogens is 6. The fraction of sp³-hybridized carbons (Fsp3) is 0.320. The maximum Gasteiger partial charge on any atom is 0.276 e. The highest BCUT2D eigenvalue weighted by atomic mass is 32.2. The monoisotopic (exact) mass is 536 g/mol. The Morgan fingerprint density at radius 1 is 1.08 bits per heavy atom. The summed E-state index contributed by atoms with van der Waals surface area (Å²) in [6.45, 7) is 6.30. The van der Waals surface area contributed by atoms with Gasteiger partial charge in [-0.05, 0) is 62.0 Å². The lowest BCUT2D eigenvalue weighted by Crippen LogP contribution is -2.56. The zero-order valence-corrected chi connectivity index (χ0v) is 22.7. The van der Waals surface area contributed by atoms with Crippen molar-refractivity contribution in [1.29, 1.82) is 0 Å². The zero-order chi connectivity index (χ0) is 25.9. The zero-order valence-electron chi connectivity index (χ0n) is 21.0. The molecule has 0 saturated carbocycles. The Morgan fingerprint density at radius 3 is 2.51 bits per heavy atom. The van der Waals surface area contributed by atoms with Gasteiger partial charge in [-0.1, -0.05) is 11.8 Å².